The third-order valence-electron chi connectivity index (χ3n) is 4.64. The molecule has 3 aromatic carbocycles. The minimum absolute atomic E-state index is 0.0875. The molecule has 0 radical (unpaired) electrons. The first-order valence-corrected chi connectivity index (χ1v) is 10.3. The van der Waals surface area contributed by atoms with Gasteiger partial charge in [-0.2, -0.15) is 23.4 Å². The average Bonchev–Trinajstić information content (AvgIpc) is 2.78. The normalized spacial score (nSPS) is 11.4. The summed E-state index contributed by atoms with van der Waals surface area (Å²) in [6.07, 6.45) is -4.22. The number of anilines is 2. The van der Waals surface area contributed by atoms with Gasteiger partial charge in [-0.05, 0) is 60.5 Å². The molecule has 0 aromatic heterocycles. The summed E-state index contributed by atoms with van der Waals surface area (Å²) < 4.78 is 39.0. The number of amides is 2. The summed E-state index contributed by atoms with van der Waals surface area (Å²) in [6.45, 7) is 1.81. The van der Waals surface area contributed by atoms with Crippen LogP contribution in [-0.4, -0.2) is 17.1 Å². The molecule has 7 nitrogen and oxygen atoms in total. The largest absolute Gasteiger partial charge is 0.478 e. The van der Waals surface area contributed by atoms with Gasteiger partial charge in [0.2, 0.25) is 0 Å². The van der Waals surface area contributed by atoms with Gasteiger partial charge in [-0.15, -0.1) is 0 Å². The molecule has 0 aliphatic rings. The number of rotatable bonds is 6. The fourth-order valence-electron chi connectivity index (χ4n) is 3.11. The van der Waals surface area contributed by atoms with Crippen LogP contribution >= 0.6 is 11.6 Å². The first kappa shape index (κ1) is 24.7. The molecule has 2 amide bonds. The van der Waals surface area contributed by atoms with Crippen LogP contribution in [0.1, 0.15) is 28.4 Å². The quantitative estimate of drug-likeness (QED) is 0.309. The lowest BCUT2D eigenvalue weighted by molar-refractivity contribution is -0.137. The van der Waals surface area contributed by atoms with E-state index in [1.807, 2.05) is 6.92 Å². The fourth-order valence-corrected chi connectivity index (χ4v) is 3.34. The minimum Gasteiger partial charge on any atom is -0.478 e. The minimum atomic E-state index is -4.66. The standard InChI is InChI=1S/C23H18ClF3N4O3/c1-2-16-17(21(32)33)7-4-8-20(16)31-30-15-6-3-5-13(11-15)28-22(34)29-14-9-10-19(24)18(12-14)23(25,26)27/h3-12H,2H2,1H3,(H,32,33)(H2,28,29,34). The molecule has 176 valence electrons. The van der Waals surface area contributed by atoms with E-state index in [2.05, 4.69) is 20.9 Å². The number of alkyl halides is 3. The molecule has 0 saturated carbocycles. The molecule has 0 aliphatic carbocycles. The second-order valence-electron chi connectivity index (χ2n) is 6.98. The molecular formula is C23H18ClF3N4O3. The van der Waals surface area contributed by atoms with Gasteiger partial charge in [0.25, 0.3) is 0 Å². The molecule has 0 spiro atoms. The molecule has 3 rings (SSSR count). The van der Waals surface area contributed by atoms with E-state index in [4.69, 9.17) is 11.6 Å². The molecule has 3 aromatic rings. The maximum Gasteiger partial charge on any atom is 0.417 e. The van der Waals surface area contributed by atoms with Crippen molar-refractivity contribution < 1.29 is 27.9 Å². The summed E-state index contributed by atoms with van der Waals surface area (Å²) in [6, 6.07) is 13.2. The van der Waals surface area contributed by atoms with Gasteiger partial charge >= 0.3 is 18.2 Å². The third-order valence-corrected chi connectivity index (χ3v) is 4.97. The first-order valence-electron chi connectivity index (χ1n) is 9.90. The molecule has 3 N–H and O–H groups in total. The molecule has 0 aliphatic heterocycles. The number of nitrogens with one attached hydrogen (secondary N) is 2. The SMILES string of the molecule is CCc1c(N=Nc2cccc(NC(=O)Nc3ccc(Cl)c(C(F)(F)F)c3)c2)cccc1C(=O)O. The maximum atomic E-state index is 13.0. The molecule has 0 bridgehead atoms. The van der Waals surface area contributed by atoms with Crippen molar-refractivity contribution >= 4 is 46.4 Å². The van der Waals surface area contributed by atoms with Crippen LogP contribution in [0, 0.1) is 0 Å². The Kier molecular flexibility index (Phi) is 7.52. The van der Waals surface area contributed by atoms with Crippen LogP contribution < -0.4 is 10.6 Å². The molecule has 0 atom stereocenters. The summed E-state index contributed by atoms with van der Waals surface area (Å²) in [5.41, 5.74) is 0.612. The van der Waals surface area contributed by atoms with Crippen molar-refractivity contribution in [1.82, 2.24) is 0 Å². The Morgan fingerprint density at radius 2 is 1.65 bits per heavy atom. The van der Waals surface area contributed by atoms with Gasteiger partial charge in [0, 0.05) is 11.4 Å². The Labute approximate surface area is 197 Å². The predicted octanol–water partition coefficient (Wildman–Crippen LogP) is 7.68. The summed E-state index contributed by atoms with van der Waals surface area (Å²) in [5.74, 6) is -1.06. The van der Waals surface area contributed by atoms with Crippen molar-refractivity contribution in [2.24, 2.45) is 10.2 Å². The highest BCUT2D eigenvalue weighted by atomic mass is 35.5. The fraction of sp³-hybridized carbons (Fsp3) is 0.130. The van der Waals surface area contributed by atoms with Crippen LogP contribution in [0.4, 0.5) is 40.7 Å². The van der Waals surface area contributed by atoms with E-state index in [1.54, 1.807) is 30.3 Å². The van der Waals surface area contributed by atoms with Crippen molar-refractivity contribution in [1.29, 1.82) is 0 Å². The van der Waals surface area contributed by atoms with Crippen molar-refractivity contribution in [2.45, 2.75) is 19.5 Å². The lowest BCUT2D eigenvalue weighted by Crippen LogP contribution is -2.19. The number of carboxylic acids is 1. The molecule has 0 saturated heterocycles. The van der Waals surface area contributed by atoms with Crippen molar-refractivity contribution in [3.63, 3.8) is 0 Å². The lowest BCUT2D eigenvalue weighted by atomic mass is 10.0. The number of benzene rings is 3. The molecule has 0 heterocycles. The predicted molar refractivity (Wildman–Crippen MR) is 122 cm³/mol. The van der Waals surface area contributed by atoms with Gasteiger partial charge in [0.15, 0.2) is 0 Å². The van der Waals surface area contributed by atoms with Crippen molar-refractivity contribution in [2.75, 3.05) is 10.6 Å². The Morgan fingerprint density at radius 3 is 2.29 bits per heavy atom. The van der Waals surface area contributed by atoms with Gasteiger partial charge in [0.1, 0.15) is 0 Å². The van der Waals surface area contributed by atoms with Crippen LogP contribution in [0.25, 0.3) is 0 Å². The summed E-state index contributed by atoms with van der Waals surface area (Å²) in [4.78, 5) is 23.6. The molecule has 34 heavy (non-hydrogen) atoms. The topological polar surface area (TPSA) is 103 Å². The Balaban J connectivity index is 1.74. The number of carboxylic acid groups (broad SMARTS) is 1. The third kappa shape index (κ3) is 6.10. The number of azo groups is 1. The average molecular weight is 491 g/mol. The van der Waals surface area contributed by atoms with Crippen molar-refractivity contribution in [3.05, 3.63) is 82.4 Å². The molecule has 0 unspecified atom stereocenters. The van der Waals surface area contributed by atoms with Crippen LogP contribution in [0.3, 0.4) is 0 Å². The number of urea groups is 1. The van der Waals surface area contributed by atoms with Gasteiger partial charge in [-0.1, -0.05) is 30.7 Å². The number of carbonyl (C=O) groups excluding carboxylic acids is 1. The number of halogens is 4. The second-order valence-corrected chi connectivity index (χ2v) is 7.39. The zero-order valence-electron chi connectivity index (χ0n) is 17.7. The molecule has 11 heteroatoms. The highest BCUT2D eigenvalue weighted by Crippen LogP contribution is 2.36. The first-order chi connectivity index (χ1) is 16.1. The van der Waals surface area contributed by atoms with E-state index in [0.717, 1.165) is 12.1 Å². The number of hydrogen-bond acceptors (Lipinski definition) is 4. The molecule has 0 fully saturated rings. The molecular weight excluding hydrogens is 473 g/mol. The van der Waals surface area contributed by atoms with Crippen LogP contribution in [-0.2, 0) is 12.6 Å². The summed E-state index contributed by atoms with van der Waals surface area (Å²) in [5, 5.41) is 21.9. The highest BCUT2D eigenvalue weighted by Gasteiger charge is 2.33. The van der Waals surface area contributed by atoms with E-state index < -0.39 is 28.8 Å². The van der Waals surface area contributed by atoms with Gasteiger partial charge in [-0.25, -0.2) is 9.59 Å². The number of aromatic carboxylic acids is 1. The lowest BCUT2D eigenvalue weighted by Gasteiger charge is -2.12. The van der Waals surface area contributed by atoms with Gasteiger partial charge in [0.05, 0.1) is 27.5 Å². The van der Waals surface area contributed by atoms with Gasteiger partial charge < -0.3 is 15.7 Å². The highest BCUT2D eigenvalue weighted by molar-refractivity contribution is 6.31. The summed E-state index contributed by atoms with van der Waals surface area (Å²) in [7, 11) is 0. The smallest absolute Gasteiger partial charge is 0.417 e. The van der Waals surface area contributed by atoms with E-state index >= 15 is 0 Å². The number of nitrogens with zero attached hydrogens (tertiary/aromatic N) is 2. The van der Waals surface area contributed by atoms with Crippen LogP contribution in [0.2, 0.25) is 5.02 Å². The zero-order valence-corrected chi connectivity index (χ0v) is 18.4. The Hall–Kier alpha value is -3.92. The second kappa shape index (κ2) is 10.3. The maximum absolute atomic E-state index is 13.0. The van der Waals surface area contributed by atoms with Crippen LogP contribution in [0.15, 0.2) is 70.9 Å². The number of carbonyl (C=O) groups is 2. The van der Waals surface area contributed by atoms with E-state index in [0.29, 0.717) is 29.0 Å². The van der Waals surface area contributed by atoms with E-state index in [-0.39, 0.29) is 11.3 Å². The summed E-state index contributed by atoms with van der Waals surface area (Å²) >= 11 is 5.58. The van der Waals surface area contributed by atoms with Crippen molar-refractivity contribution in [3.8, 4) is 0 Å². The Morgan fingerprint density at radius 1 is 0.971 bits per heavy atom. The zero-order chi connectivity index (χ0) is 24.9. The Bertz CT molecular complexity index is 1260. The van der Waals surface area contributed by atoms with E-state index in [1.165, 1.54) is 18.2 Å². The number of hydrogen-bond donors (Lipinski definition) is 3. The van der Waals surface area contributed by atoms with E-state index in [9.17, 15) is 27.9 Å². The van der Waals surface area contributed by atoms with Gasteiger partial charge in [-0.3, -0.25) is 0 Å². The van der Waals surface area contributed by atoms with Crippen LogP contribution in [0.5, 0.6) is 0 Å². The monoisotopic (exact) mass is 490 g/mol.